The van der Waals surface area contributed by atoms with E-state index in [2.05, 4.69) is 16.0 Å². The third kappa shape index (κ3) is 3.65. The molecule has 0 saturated carbocycles. The van der Waals surface area contributed by atoms with Crippen LogP contribution in [0.1, 0.15) is 6.92 Å². The topological polar surface area (TPSA) is 62.7 Å². The van der Waals surface area contributed by atoms with E-state index in [4.69, 9.17) is 4.74 Å². The van der Waals surface area contributed by atoms with Crippen LogP contribution in [0.15, 0.2) is 53.4 Å². The standard InChI is InChI=1S/C19H21N3O3S2/c1-2-25-15-7-9-16(10-8-15)27(23,24)22-13-11-21(12-14-22)19-20-17-5-3-4-6-18(17)26-19/h3-10H,2,11-14H2,1H3. The van der Waals surface area contributed by atoms with Crippen LogP contribution in [0.25, 0.3) is 10.2 Å². The Hall–Kier alpha value is -2.16. The van der Waals surface area contributed by atoms with Gasteiger partial charge in [0.05, 0.1) is 21.7 Å². The van der Waals surface area contributed by atoms with E-state index in [1.807, 2.05) is 25.1 Å². The lowest BCUT2D eigenvalue weighted by Gasteiger charge is -2.33. The molecule has 2 aromatic carbocycles. The maximum absolute atomic E-state index is 12.9. The first-order chi connectivity index (χ1) is 13.1. The highest BCUT2D eigenvalue weighted by atomic mass is 32.2. The monoisotopic (exact) mass is 403 g/mol. The molecule has 0 bridgehead atoms. The van der Waals surface area contributed by atoms with Gasteiger partial charge in [-0.15, -0.1) is 0 Å². The normalized spacial score (nSPS) is 16.0. The summed E-state index contributed by atoms with van der Waals surface area (Å²) in [5, 5.41) is 0.953. The van der Waals surface area contributed by atoms with E-state index in [1.165, 1.54) is 0 Å². The molecule has 1 fully saturated rings. The SMILES string of the molecule is CCOc1ccc(S(=O)(=O)N2CCN(c3nc4ccccc4s3)CC2)cc1. The molecular weight excluding hydrogens is 382 g/mol. The van der Waals surface area contributed by atoms with E-state index in [-0.39, 0.29) is 0 Å². The summed E-state index contributed by atoms with van der Waals surface area (Å²) in [6.07, 6.45) is 0. The summed E-state index contributed by atoms with van der Waals surface area (Å²) >= 11 is 1.65. The number of fused-ring (bicyclic) bond motifs is 1. The molecule has 6 nitrogen and oxygen atoms in total. The predicted molar refractivity (Wildman–Crippen MR) is 108 cm³/mol. The Morgan fingerprint density at radius 1 is 1.04 bits per heavy atom. The first kappa shape index (κ1) is 18.2. The van der Waals surface area contributed by atoms with Crippen LogP contribution in [0.2, 0.25) is 0 Å². The minimum atomic E-state index is -3.49. The van der Waals surface area contributed by atoms with Crippen LogP contribution < -0.4 is 9.64 Å². The minimum Gasteiger partial charge on any atom is -0.494 e. The summed E-state index contributed by atoms with van der Waals surface area (Å²) in [5.41, 5.74) is 0.988. The summed E-state index contributed by atoms with van der Waals surface area (Å²) < 4.78 is 33.9. The molecule has 0 aliphatic carbocycles. The molecule has 3 aromatic rings. The molecule has 27 heavy (non-hydrogen) atoms. The third-order valence-corrected chi connectivity index (χ3v) is 7.57. The van der Waals surface area contributed by atoms with Gasteiger partial charge in [-0.05, 0) is 43.3 Å². The Labute approximate surface area is 163 Å². The zero-order chi connectivity index (χ0) is 18.9. The van der Waals surface area contributed by atoms with Gasteiger partial charge >= 0.3 is 0 Å². The highest BCUT2D eigenvalue weighted by Crippen LogP contribution is 2.30. The zero-order valence-corrected chi connectivity index (χ0v) is 16.7. The average Bonchev–Trinajstić information content (AvgIpc) is 3.13. The molecule has 0 N–H and O–H groups in total. The lowest BCUT2D eigenvalue weighted by Crippen LogP contribution is -2.48. The number of ether oxygens (including phenoxy) is 1. The van der Waals surface area contributed by atoms with Gasteiger partial charge in [0.1, 0.15) is 5.75 Å². The Kier molecular flexibility index (Phi) is 5.03. The molecule has 1 aromatic heterocycles. The van der Waals surface area contributed by atoms with E-state index in [0.29, 0.717) is 43.4 Å². The van der Waals surface area contributed by atoms with Gasteiger partial charge in [-0.3, -0.25) is 0 Å². The zero-order valence-electron chi connectivity index (χ0n) is 15.0. The second kappa shape index (κ2) is 7.46. The van der Waals surface area contributed by atoms with E-state index in [0.717, 1.165) is 15.3 Å². The van der Waals surface area contributed by atoms with Crippen LogP contribution in [-0.4, -0.2) is 50.5 Å². The molecule has 1 saturated heterocycles. The van der Waals surface area contributed by atoms with Crippen molar-refractivity contribution in [1.82, 2.24) is 9.29 Å². The van der Waals surface area contributed by atoms with Gasteiger partial charge in [0, 0.05) is 26.2 Å². The van der Waals surface area contributed by atoms with Crippen molar-refractivity contribution < 1.29 is 13.2 Å². The number of thiazole rings is 1. The predicted octanol–water partition coefficient (Wildman–Crippen LogP) is 3.21. The molecule has 1 aliphatic rings. The summed E-state index contributed by atoms with van der Waals surface area (Å²) in [4.78, 5) is 7.14. The van der Waals surface area contributed by atoms with E-state index >= 15 is 0 Å². The van der Waals surface area contributed by atoms with E-state index in [1.54, 1.807) is 39.9 Å². The Balaban J connectivity index is 1.46. The van der Waals surface area contributed by atoms with Gasteiger partial charge in [0.15, 0.2) is 5.13 Å². The Bertz CT molecular complexity index is 991. The van der Waals surface area contributed by atoms with Crippen molar-refractivity contribution in [3.63, 3.8) is 0 Å². The third-order valence-electron chi connectivity index (χ3n) is 4.56. The number of rotatable bonds is 5. The van der Waals surface area contributed by atoms with Gasteiger partial charge < -0.3 is 9.64 Å². The van der Waals surface area contributed by atoms with Gasteiger partial charge in [0.2, 0.25) is 10.0 Å². The van der Waals surface area contributed by atoms with Gasteiger partial charge in [-0.25, -0.2) is 13.4 Å². The molecule has 0 radical (unpaired) electrons. The number of nitrogens with zero attached hydrogens (tertiary/aromatic N) is 3. The molecule has 4 rings (SSSR count). The first-order valence-electron chi connectivity index (χ1n) is 8.91. The van der Waals surface area contributed by atoms with Crippen molar-refractivity contribution in [1.29, 1.82) is 0 Å². The highest BCUT2D eigenvalue weighted by Gasteiger charge is 2.29. The molecule has 1 aliphatic heterocycles. The highest BCUT2D eigenvalue weighted by molar-refractivity contribution is 7.89. The molecule has 0 amide bonds. The summed E-state index contributed by atoms with van der Waals surface area (Å²) in [6.45, 7) is 4.62. The van der Waals surface area contributed by atoms with Crippen molar-refractivity contribution >= 4 is 36.7 Å². The molecule has 0 atom stereocenters. The molecule has 142 valence electrons. The smallest absolute Gasteiger partial charge is 0.243 e. The van der Waals surface area contributed by atoms with Crippen LogP contribution >= 0.6 is 11.3 Å². The summed E-state index contributed by atoms with van der Waals surface area (Å²) in [5.74, 6) is 0.678. The maximum atomic E-state index is 12.9. The molecule has 0 spiro atoms. The van der Waals surface area contributed by atoms with E-state index < -0.39 is 10.0 Å². The van der Waals surface area contributed by atoms with Crippen LogP contribution in [-0.2, 0) is 10.0 Å². The number of hydrogen-bond donors (Lipinski definition) is 0. The summed E-state index contributed by atoms with van der Waals surface area (Å²) in [7, 11) is -3.49. The fourth-order valence-electron chi connectivity index (χ4n) is 3.14. The minimum absolute atomic E-state index is 0.305. The fraction of sp³-hybridized carbons (Fsp3) is 0.316. The Morgan fingerprint density at radius 2 is 1.74 bits per heavy atom. The second-order valence-corrected chi connectivity index (χ2v) is 9.21. The van der Waals surface area contributed by atoms with Crippen LogP contribution in [0.3, 0.4) is 0 Å². The van der Waals surface area contributed by atoms with Crippen LogP contribution in [0.4, 0.5) is 5.13 Å². The number of hydrogen-bond acceptors (Lipinski definition) is 6. The number of sulfonamides is 1. The number of benzene rings is 2. The van der Waals surface area contributed by atoms with Crippen molar-refractivity contribution in [3.05, 3.63) is 48.5 Å². The fourth-order valence-corrected chi connectivity index (χ4v) is 5.58. The second-order valence-electron chi connectivity index (χ2n) is 6.26. The number of anilines is 1. The molecule has 8 heteroatoms. The molecular formula is C19H21N3O3S2. The van der Waals surface area contributed by atoms with Crippen LogP contribution in [0, 0.1) is 0 Å². The molecule has 0 unspecified atom stereocenters. The average molecular weight is 404 g/mol. The van der Waals surface area contributed by atoms with Crippen molar-refractivity contribution in [2.45, 2.75) is 11.8 Å². The number of aromatic nitrogens is 1. The quantitative estimate of drug-likeness (QED) is 0.655. The lowest BCUT2D eigenvalue weighted by atomic mass is 10.3. The van der Waals surface area contributed by atoms with Crippen molar-refractivity contribution in [2.75, 3.05) is 37.7 Å². The van der Waals surface area contributed by atoms with Gasteiger partial charge in [0.25, 0.3) is 0 Å². The van der Waals surface area contributed by atoms with Crippen molar-refractivity contribution in [2.24, 2.45) is 0 Å². The summed E-state index contributed by atoms with van der Waals surface area (Å²) in [6, 6.07) is 14.7. The van der Waals surface area contributed by atoms with E-state index in [9.17, 15) is 8.42 Å². The van der Waals surface area contributed by atoms with Gasteiger partial charge in [-0.2, -0.15) is 4.31 Å². The van der Waals surface area contributed by atoms with Crippen molar-refractivity contribution in [3.8, 4) is 5.75 Å². The number of piperazine rings is 1. The Morgan fingerprint density at radius 3 is 2.41 bits per heavy atom. The van der Waals surface area contributed by atoms with Crippen LogP contribution in [0.5, 0.6) is 5.75 Å². The maximum Gasteiger partial charge on any atom is 0.243 e. The molecule has 2 heterocycles. The number of para-hydroxylation sites is 1. The lowest BCUT2D eigenvalue weighted by molar-refractivity contribution is 0.340. The largest absolute Gasteiger partial charge is 0.494 e. The van der Waals surface area contributed by atoms with Gasteiger partial charge in [-0.1, -0.05) is 23.5 Å². The first-order valence-corrected chi connectivity index (χ1v) is 11.2.